The normalized spacial score (nSPS) is 14.2. The Labute approximate surface area is 67.5 Å². The van der Waals surface area contributed by atoms with Crippen molar-refractivity contribution in [2.24, 2.45) is 10.2 Å². The van der Waals surface area contributed by atoms with Crippen LogP contribution in [0.25, 0.3) is 6.08 Å². The van der Waals surface area contributed by atoms with Crippen LogP contribution in [0.1, 0.15) is 5.56 Å². The molecule has 0 unspecified atom stereocenters. The van der Waals surface area contributed by atoms with Crippen LogP contribution in [0.15, 0.2) is 26.8 Å². The summed E-state index contributed by atoms with van der Waals surface area (Å²) in [6.45, 7) is 0. The fourth-order valence-electron chi connectivity index (χ4n) is 0.912. The first-order valence-electron chi connectivity index (χ1n) is 3.40. The molecule has 0 saturated heterocycles. The fourth-order valence-corrected chi connectivity index (χ4v) is 0.912. The van der Waals surface area contributed by atoms with E-state index in [1.165, 1.54) is 0 Å². The molecule has 12 heavy (non-hydrogen) atoms. The monoisotopic (exact) mass is 162 g/mol. The van der Waals surface area contributed by atoms with Gasteiger partial charge in [-0.1, -0.05) is 0 Å². The molecule has 1 aliphatic heterocycles. The van der Waals surface area contributed by atoms with E-state index < -0.39 is 0 Å². The highest BCUT2D eigenvalue weighted by molar-refractivity contribution is 6.10. The van der Waals surface area contributed by atoms with Crippen LogP contribution in [0, 0.1) is 0 Å². The van der Waals surface area contributed by atoms with Gasteiger partial charge in [0.1, 0.15) is 0 Å². The molecule has 0 radical (unpaired) electrons. The molecule has 0 aromatic carbocycles. The number of nitrogens with one attached hydrogen (secondary N) is 2. The molecule has 5 heteroatoms. The Kier molecular flexibility index (Phi) is 1.48. The molecule has 0 spiro atoms. The van der Waals surface area contributed by atoms with Crippen molar-refractivity contribution < 1.29 is 0 Å². The lowest BCUT2D eigenvalue weighted by atomic mass is 10.2. The zero-order valence-electron chi connectivity index (χ0n) is 6.11. The zero-order chi connectivity index (χ0) is 8.39. The summed E-state index contributed by atoms with van der Waals surface area (Å²) in [7, 11) is 0. The van der Waals surface area contributed by atoms with Crippen molar-refractivity contribution in [3.05, 3.63) is 27.7 Å². The number of aromatic nitrogens is 2. The van der Waals surface area contributed by atoms with Gasteiger partial charge in [-0.05, 0) is 6.08 Å². The maximum atomic E-state index is 11.0. The lowest BCUT2D eigenvalue weighted by Crippen LogP contribution is -2.01. The third kappa shape index (κ3) is 1.12. The van der Waals surface area contributed by atoms with Crippen molar-refractivity contribution in [2.75, 3.05) is 0 Å². The summed E-state index contributed by atoms with van der Waals surface area (Å²) in [5, 5.41) is 12.3. The van der Waals surface area contributed by atoms with Gasteiger partial charge in [0.25, 0.3) is 5.56 Å². The second-order valence-electron chi connectivity index (χ2n) is 2.33. The molecule has 1 aromatic rings. The summed E-state index contributed by atoms with van der Waals surface area (Å²) in [5.74, 6) is 0. The van der Waals surface area contributed by atoms with Crippen LogP contribution in [-0.4, -0.2) is 22.6 Å². The van der Waals surface area contributed by atoms with Crippen LogP contribution in [0.3, 0.4) is 0 Å². The Balaban J connectivity index is 2.40. The number of hydrogen-bond acceptors (Lipinski definition) is 3. The summed E-state index contributed by atoms with van der Waals surface area (Å²) in [6, 6.07) is 0. The highest BCUT2D eigenvalue weighted by Gasteiger charge is 1.99. The number of rotatable bonds is 1. The van der Waals surface area contributed by atoms with Gasteiger partial charge in [-0.2, -0.15) is 10.2 Å². The van der Waals surface area contributed by atoms with Crippen LogP contribution in [0.2, 0.25) is 0 Å². The summed E-state index contributed by atoms with van der Waals surface area (Å²) in [5.41, 5.74) is 1.25. The third-order valence-corrected chi connectivity index (χ3v) is 1.48. The van der Waals surface area contributed by atoms with Crippen LogP contribution in [0.5, 0.6) is 0 Å². The number of hydrogen-bond donors (Lipinski definition) is 2. The first-order chi connectivity index (χ1) is 5.86. The molecule has 1 aromatic heterocycles. The van der Waals surface area contributed by atoms with E-state index >= 15 is 0 Å². The fraction of sp³-hybridized carbons (Fsp3) is 0. The molecular weight excluding hydrogens is 156 g/mol. The Morgan fingerprint density at radius 2 is 2.08 bits per heavy atom. The Bertz CT molecular complexity index is 407. The number of allylic oxidation sites excluding steroid dienone is 1. The first kappa shape index (κ1) is 6.78. The Morgan fingerprint density at radius 3 is 2.67 bits per heavy atom. The minimum absolute atomic E-state index is 0.142. The molecule has 0 bridgehead atoms. The van der Waals surface area contributed by atoms with Gasteiger partial charge in [-0.15, -0.1) is 0 Å². The van der Waals surface area contributed by atoms with E-state index in [0.717, 1.165) is 5.57 Å². The highest BCUT2D eigenvalue weighted by Crippen LogP contribution is 2.00. The molecule has 0 amide bonds. The average molecular weight is 162 g/mol. The Morgan fingerprint density at radius 1 is 1.33 bits per heavy atom. The second kappa shape index (κ2) is 2.61. The van der Waals surface area contributed by atoms with Gasteiger partial charge in [0.2, 0.25) is 0 Å². The quantitative estimate of drug-likeness (QED) is 0.606. The SMILES string of the molecule is O=c1[nH][nH]cc1C=C1C=NN=C1. The van der Waals surface area contributed by atoms with E-state index in [1.807, 2.05) is 0 Å². The minimum atomic E-state index is -0.142. The van der Waals surface area contributed by atoms with E-state index in [1.54, 1.807) is 24.7 Å². The van der Waals surface area contributed by atoms with E-state index in [0.29, 0.717) is 5.56 Å². The molecule has 2 N–H and O–H groups in total. The smallest absolute Gasteiger partial charge is 0.271 e. The molecule has 0 aliphatic carbocycles. The van der Waals surface area contributed by atoms with Crippen molar-refractivity contribution >= 4 is 18.5 Å². The maximum Gasteiger partial charge on any atom is 0.271 e. The first-order valence-corrected chi connectivity index (χ1v) is 3.40. The van der Waals surface area contributed by atoms with Crippen LogP contribution in [-0.2, 0) is 0 Å². The summed E-state index contributed by atoms with van der Waals surface area (Å²) in [6.07, 6.45) is 6.48. The molecule has 60 valence electrons. The highest BCUT2D eigenvalue weighted by atomic mass is 16.1. The van der Waals surface area contributed by atoms with Gasteiger partial charge in [-0.3, -0.25) is 9.89 Å². The molecule has 2 heterocycles. The lowest BCUT2D eigenvalue weighted by Gasteiger charge is -1.81. The van der Waals surface area contributed by atoms with Crippen LogP contribution < -0.4 is 5.56 Å². The molecule has 5 nitrogen and oxygen atoms in total. The van der Waals surface area contributed by atoms with Gasteiger partial charge in [-0.25, -0.2) is 0 Å². The number of nitrogens with zero attached hydrogens (tertiary/aromatic N) is 2. The van der Waals surface area contributed by atoms with E-state index in [9.17, 15) is 4.79 Å². The van der Waals surface area contributed by atoms with Gasteiger partial charge in [0.15, 0.2) is 0 Å². The third-order valence-electron chi connectivity index (χ3n) is 1.48. The topological polar surface area (TPSA) is 73.4 Å². The van der Waals surface area contributed by atoms with E-state index in [2.05, 4.69) is 20.4 Å². The molecular formula is C7H6N4O. The van der Waals surface area contributed by atoms with Crippen LogP contribution >= 0.6 is 0 Å². The predicted molar refractivity (Wildman–Crippen MR) is 46.4 cm³/mol. The van der Waals surface area contributed by atoms with Crippen molar-refractivity contribution in [1.82, 2.24) is 10.2 Å². The van der Waals surface area contributed by atoms with Crippen LogP contribution in [0.4, 0.5) is 0 Å². The largest absolute Gasteiger partial charge is 0.305 e. The van der Waals surface area contributed by atoms with Crippen molar-refractivity contribution in [3.8, 4) is 0 Å². The van der Waals surface area contributed by atoms with Crippen molar-refractivity contribution in [2.45, 2.75) is 0 Å². The lowest BCUT2D eigenvalue weighted by molar-refractivity contribution is 1.06. The molecule has 2 rings (SSSR count). The summed E-state index contributed by atoms with van der Waals surface area (Å²) in [4.78, 5) is 11.0. The van der Waals surface area contributed by atoms with E-state index in [4.69, 9.17) is 0 Å². The summed E-state index contributed by atoms with van der Waals surface area (Å²) < 4.78 is 0. The number of H-pyrrole nitrogens is 2. The maximum absolute atomic E-state index is 11.0. The number of aromatic amines is 2. The zero-order valence-corrected chi connectivity index (χ0v) is 6.11. The second-order valence-corrected chi connectivity index (χ2v) is 2.33. The van der Waals surface area contributed by atoms with Crippen molar-refractivity contribution in [3.63, 3.8) is 0 Å². The molecule has 0 atom stereocenters. The van der Waals surface area contributed by atoms with Gasteiger partial charge in [0, 0.05) is 11.8 Å². The minimum Gasteiger partial charge on any atom is -0.305 e. The van der Waals surface area contributed by atoms with Gasteiger partial charge < -0.3 is 5.10 Å². The standard InChI is InChI=1S/C7H6N4O/c12-7-6(4-10-11-7)1-5-2-8-9-3-5/h1-4H,(H2,10,11,12). The Hall–Kier alpha value is -1.91. The molecule has 0 saturated carbocycles. The molecule has 0 fully saturated rings. The van der Waals surface area contributed by atoms with Crippen molar-refractivity contribution in [1.29, 1.82) is 0 Å². The van der Waals surface area contributed by atoms with Gasteiger partial charge in [0.05, 0.1) is 18.0 Å². The summed E-state index contributed by atoms with van der Waals surface area (Å²) >= 11 is 0. The average Bonchev–Trinajstić information content (AvgIpc) is 2.65. The predicted octanol–water partition coefficient (Wildman–Crippen LogP) is 0.157. The van der Waals surface area contributed by atoms with Gasteiger partial charge >= 0.3 is 0 Å². The van der Waals surface area contributed by atoms with E-state index in [-0.39, 0.29) is 5.56 Å². The molecule has 1 aliphatic rings.